The number of carbonyl (C=O) groups excluding carboxylic acids is 1. The van der Waals surface area contributed by atoms with Crippen molar-refractivity contribution in [2.45, 2.75) is 19.9 Å². The number of nitrogens with one attached hydrogen (secondary N) is 1. The Morgan fingerprint density at radius 3 is 2.92 bits per heavy atom. The summed E-state index contributed by atoms with van der Waals surface area (Å²) in [6.07, 6.45) is 1.03. The molecule has 0 bridgehead atoms. The summed E-state index contributed by atoms with van der Waals surface area (Å²) >= 11 is 1.62. The van der Waals surface area contributed by atoms with Gasteiger partial charge in [0.1, 0.15) is 0 Å². The van der Waals surface area contributed by atoms with Gasteiger partial charge in [-0.15, -0.1) is 11.3 Å². The lowest BCUT2D eigenvalue weighted by atomic mass is 10.0. The summed E-state index contributed by atoms with van der Waals surface area (Å²) in [5, 5.41) is 5.38. The van der Waals surface area contributed by atoms with E-state index in [9.17, 15) is 4.79 Å². The minimum absolute atomic E-state index is 0.00324. The number of likely N-dealkylation sites (N-methyl/N-ethyl adjacent to an activating group) is 1. The third-order valence-electron chi connectivity index (χ3n) is 4.67. The van der Waals surface area contributed by atoms with Crippen molar-refractivity contribution in [1.29, 1.82) is 0 Å². The number of hydrogen-bond donors (Lipinski definition) is 1. The van der Waals surface area contributed by atoms with Crippen molar-refractivity contribution in [3.05, 3.63) is 63.3 Å². The minimum atomic E-state index is -0.00324. The molecular formula is C20H20N2OS. The molecule has 0 radical (unpaired) electrons. The van der Waals surface area contributed by atoms with Crippen LogP contribution in [0.1, 0.15) is 25.7 Å². The molecule has 1 amide bonds. The number of carbonyl (C=O) groups is 1. The van der Waals surface area contributed by atoms with Gasteiger partial charge < -0.3 is 10.2 Å². The van der Waals surface area contributed by atoms with Crippen molar-refractivity contribution >= 4 is 33.7 Å². The molecule has 0 saturated carbocycles. The molecule has 3 nitrogen and oxygen atoms in total. The number of nitrogens with zero attached hydrogens (tertiary/aromatic N) is 1. The van der Waals surface area contributed by atoms with Crippen LogP contribution in [0.5, 0.6) is 0 Å². The first kappa shape index (κ1) is 15.4. The van der Waals surface area contributed by atoms with Crippen LogP contribution in [0.2, 0.25) is 0 Å². The third kappa shape index (κ3) is 2.72. The third-order valence-corrected chi connectivity index (χ3v) is 5.83. The molecule has 4 heteroatoms. The van der Waals surface area contributed by atoms with Crippen molar-refractivity contribution in [2.24, 2.45) is 0 Å². The van der Waals surface area contributed by atoms with Crippen LogP contribution in [0, 0.1) is 6.92 Å². The zero-order valence-electron chi connectivity index (χ0n) is 13.9. The first-order chi connectivity index (χ1) is 11.6. The summed E-state index contributed by atoms with van der Waals surface area (Å²) in [7, 11) is 2.13. The predicted molar refractivity (Wildman–Crippen MR) is 101 cm³/mol. The lowest BCUT2D eigenvalue weighted by Gasteiger charge is -2.21. The van der Waals surface area contributed by atoms with Crippen molar-refractivity contribution in [2.75, 3.05) is 18.9 Å². The molecule has 1 aromatic heterocycles. The second-order valence-corrected chi connectivity index (χ2v) is 7.62. The first-order valence-electron chi connectivity index (χ1n) is 8.21. The van der Waals surface area contributed by atoms with E-state index in [1.165, 1.54) is 10.4 Å². The monoisotopic (exact) mass is 336 g/mol. The van der Waals surface area contributed by atoms with Gasteiger partial charge in [-0.05, 0) is 43.0 Å². The van der Waals surface area contributed by atoms with Crippen LogP contribution in [-0.4, -0.2) is 24.4 Å². The van der Waals surface area contributed by atoms with Crippen LogP contribution in [0.25, 0.3) is 10.8 Å². The van der Waals surface area contributed by atoms with Gasteiger partial charge in [-0.25, -0.2) is 0 Å². The van der Waals surface area contributed by atoms with Gasteiger partial charge >= 0.3 is 0 Å². The molecule has 0 spiro atoms. The molecule has 0 atom stereocenters. The summed E-state index contributed by atoms with van der Waals surface area (Å²) in [6, 6.07) is 14.4. The van der Waals surface area contributed by atoms with Crippen molar-refractivity contribution in [3.8, 4) is 0 Å². The van der Waals surface area contributed by atoms with E-state index in [1.807, 2.05) is 19.1 Å². The molecular weight excluding hydrogens is 316 g/mol. The maximum Gasteiger partial charge on any atom is 0.265 e. The maximum absolute atomic E-state index is 12.8. The lowest BCUT2D eigenvalue weighted by Crippen LogP contribution is -2.24. The van der Waals surface area contributed by atoms with Crippen LogP contribution >= 0.6 is 11.3 Å². The molecule has 122 valence electrons. The summed E-state index contributed by atoms with van der Waals surface area (Å²) in [5.41, 5.74) is 3.34. The molecule has 4 rings (SSSR count). The molecule has 0 fully saturated rings. The lowest BCUT2D eigenvalue weighted by molar-refractivity contribution is 0.103. The summed E-state index contributed by atoms with van der Waals surface area (Å²) in [4.78, 5) is 17.2. The number of hydrogen-bond acceptors (Lipinski definition) is 3. The standard InChI is InChI=1S/C20H20N2OS/c1-13-7-8-14-5-3-4-6-16(14)19(13)21-20(23)17-11-15-9-10-22(2)12-18(15)24-17/h3-8,11H,9-10,12H2,1-2H3,(H,21,23). The highest BCUT2D eigenvalue weighted by molar-refractivity contribution is 7.14. The van der Waals surface area contributed by atoms with E-state index >= 15 is 0 Å². The van der Waals surface area contributed by atoms with Crippen LogP contribution in [-0.2, 0) is 13.0 Å². The molecule has 0 aliphatic carbocycles. The Morgan fingerprint density at radius 2 is 2.04 bits per heavy atom. The fraction of sp³-hybridized carbons (Fsp3) is 0.250. The smallest absolute Gasteiger partial charge is 0.265 e. The zero-order valence-corrected chi connectivity index (χ0v) is 14.7. The van der Waals surface area contributed by atoms with Gasteiger partial charge in [0.15, 0.2) is 0 Å². The van der Waals surface area contributed by atoms with E-state index < -0.39 is 0 Å². The molecule has 0 saturated heterocycles. The van der Waals surface area contributed by atoms with E-state index in [-0.39, 0.29) is 5.91 Å². The Bertz CT molecular complexity index is 929. The van der Waals surface area contributed by atoms with E-state index in [0.29, 0.717) is 0 Å². The molecule has 2 heterocycles. The van der Waals surface area contributed by atoms with Gasteiger partial charge in [0.2, 0.25) is 0 Å². The normalized spacial score (nSPS) is 14.6. The summed E-state index contributed by atoms with van der Waals surface area (Å²) in [5.74, 6) is -0.00324. The Labute approximate surface area is 145 Å². The molecule has 1 N–H and O–H groups in total. The van der Waals surface area contributed by atoms with Crippen LogP contribution < -0.4 is 5.32 Å². The second-order valence-electron chi connectivity index (χ2n) is 6.48. The molecule has 3 aromatic rings. The van der Waals surface area contributed by atoms with E-state index in [1.54, 1.807) is 11.3 Å². The number of aryl methyl sites for hydroxylation is 1. The summed E-state index contributed by atoms with van der Waals surface area (Å²) < 4.78 is 0. The first-order valence-corrected chi connectivity index (χ1v) is 9.03. The highest BCUT2D eigenvalue weighted by Gasteiger charge is 2.20. The minimum Gasteiger partial charge on any atom is -0.320 e. The molecule has 1 aliphatic heterocycles. The number of amides is 1. The van der Waals surface area contributed by atoms with Crippen molar-refractivity contribution < 1.29 is 4.79 Å². The number of benzene rings is 2. The number of rotatable bonds is 2. The van der Waals surface area contributed by atoms with Gasteiger partial charge in [0.25, 0.3) is 5.91 Å². The van der Waals surface area contributed by atoms with Crippen molar-refractivity contribution in [3.63, 3.8) is 0 Å². The van der Waals surface area contributed by atoms with Gasteiger partial charge in [0, 0.05) is 23.4 Å². The highest BCUT2D eigenvalue weighted by Crippen LogP contribution is 2.31. The number of anilines is 1. The average Bonchev–Trinajstić information content (AvgIpc) is 3.00. The quantitative estimate of drug-likeness (QED) is 0.750. The average molecular weight is 336 g/mol. The topological polar surface area (TPSA) is 32.3 Å². The summed E-state index contributed by atoms with van der Waals surface area (Å²) in [6.45, 7) is 4.05. The number of fused-ring (bicyclic) bond motifs is 2. The largest absolute Gasteiger partial charge is 0.320 e. The second kappa shape index (κ2) is 6.04. The van der Waals surface area contributed by atoms with Crippen LogP contribution in [0.4, 0.5) is 5.69 Å². The number of thiophene rings is 1. The van der Waals surface area contributed by atoms with Gasteiger partial charge in [-0.3, -0.25) is 4.79 Å². The van der Waals surface area contributed by atoms with Gasteiger partial charge in [-0.1, -0.05) is 36.4 Å². The SMILES string of the molecule is Cc1ccc2ccccc2c1NC(=O)c1cc2c(s1)CN(C)CC2. The fourth-order valence-corrected chi connectivity index (χ4v) is 4.47. The van der Waals surface area contributed by atoms with Gasteiger partial charge in [0.05, 0.1) is 10.6 Å². The van der Waals surface area contributed by atoms with Gasteiger partial charge in [-0.2, -0.15) is 0 Å². The van der Waals surface area contributed by atoms with Crippen LogP contribution in [0.15, 0.2) is 42.5 Å². The fourth-order valence-electron chi connectivity index (χ4n) is 3.28. The highest BCUT2D eigenvalue weighted by atomic mass is 32.1. The predicted octanol–water partition coefficient (Wildman–Crippen LogP) is 4.45. The van der Waals surface area contributed by atoms with E-state index in [4.69, 9.17) is 0 Å². The Morgan fingerprint density at radius 1 is 1.21 bits per heavy atom. The van der Waals surface area contributed by atoms with Crippen LogP contribution in [0.3, 0.4) is 0 Å². The molecule has 1 aliphatic rings. The molecule has 2 aromatic carbocycles. The Hall–Kier alpha value is -2.17. The van der Waals surface area contributed by atoms with Crippen molar-refractivity contribution in [1.82, 2.24) is 4.90 Å². The maximum atomic E-state index is 12.8. The van der Waals surface area contributed by atoms with E-state index in [0.717, 1.165) is 46.4 Å². The Balaban J connectivity index is 1.67. The molecule has 24 heavy (non-hydrogen) atoms. The zero-order chi connectivity index (χ0) is 16.7. The molecule has 0 unspecified atom stereocenters. The Kier molecular flexibility index (Phi) is 3.87. The van der Waals surface area contributed by atoms with E-state index in [2.05, 4.69) is 47.6 Å².